The molecule has 0 unspecified atom stereocenters. The molecule has 0 radical (unpaired) electrons. The van der Waals surface area contributed by atoms with E-state index in [-0.39, 0.29) is 17.8 Å². The van der Waals surface area contributed by atoms with Crippen molar-refractivity contribution >= 4 is 23.5 Å². The van der Waals surface area contributed by atoms with Gasteiger partial charge < -0.3 is 15.5 Å². The van der Waals surface area contributed by atoms with E-state index in [1.807, 2.05) is 12.1 Å². The lowest BCUT2D eigenvalue weighted by molar-refractivity contribution is 0.0953. The van der Waals surface area contributed by atoms with Crippen molar-refractivity contribution in [3.05, 3.63) is 70.0 Å². The van der Waals surface area contributed by atoms with Gasteiger partial charge >= 0.3 is 6.03 Å². The third kappa shape index (κ3) is 6.68. The summed E-state index contributed by atoms with van der Waals surface area (Å²) in [6.07, 6.45) is 1.99. The highest BCUT2D eigenvalue weighted by molar-refractivity contribution is 6.31. The summed E-state index contributed by atoms with van der Waals surface area (Å²) < 4.78 is 14.0. The summed E-state index contributed by atoms with van der Waals surface area (Å²) in [5, 5.41) is 6.24. The van der Waals surface area contributed by atoms with E-state index in [1.54, 1.807) is 29.2 Å². The van der Waals surface area contributed by atoms with Gasteiger partial charge in [0.25, 0.3) is 5.91 Å². The Morgan fingerprint density at radius 1 is 1.03 bits per heavy atom. The molecule has 3 rings (SSSR count). The van der Waals surface area contributed by atoms with Crippen LogP contribution in [0.2, 0.25) is 5.02 Å². The Morgan fingerprint density at radius 2 is 1.75 bits per heavy atom. The molecule has 1 aliphatic heterocycles. The minimum Gasteiger partial charge on any atom is -0.352 e. The number of nitrogens with one attached hydrogen (secondary N) is 2. The molecular formula is C24H30ClFN4O2. The van der Waals surface area contributed by atoms with Crippen LogP contribution in [0.25, 0.3) is 0 Å². The molecule has 0 bridgehead atoms. The molecule has 0 aromatic heterocycles. The molecule has 0 aliphatic carbocycles. The Bertz CT molecular complexity index is 894. The molecule has 6 nitrogen and oxygen atoms in total. The number of urea groups is 1. The second-order valence-corrected chi connectivity index (χ2v) is 8.34. The van der Waals surface area contributed by atoms with Crippen LogP contribution in [0.3, 0.4) is 0 Å². The molecule has 3 amide bonds. The summed E-state index contributed by atoms with van der Waals surface area (Å²) in [5.74, 6) is -0.384. The third-order valence-electron chi connectivity index (χ3n) is 5.58. The van der Waals surface area contributed by atoms with Crippen molar-refractivity contribution in [1.29, 1.82) is 0 Å². The number of halogens is 2. The summed E-state index contributed by atoms with van der Waals surface area (Å²) in [4.78, 5) is 28.4. The number of carbonyl (C=O) groups is 2. The SMILES string of the molecule is CCCCNC(=O)c1ccc(CNC(=O)N2CCN(Cc3c(F)cccc3Cl)CC2)cc1. The van der Waals surface area contributed by atoms with E-state index in [0.29, 0.717) is 62.0 Å². The fourth-order valence-electron chi connectivity index (χ4n) is 3.56. The molecule has 172 valence electrons. The molecule has 0 spiro atoms. The van der Waals surface area contributed by atoms with E-state index in [2.05, 4.69) is 22.5 Å². The van der Waals surface area contributed by atoms with Gasteiger partial charge in [-0.3, -0.25) is 9.69 Å². The normalized spacial score (nSPS) is 14.3. The topological polar surface area (TPSA) is 64.7 Å². The van der Waals surface area contributed by atoms with Crippen molar-refractivity contribution in [3.63, 3.8) is 0 Å². The van der Waals surface area contributed by atoms with Crippen molar-refractivity contribution in [2.75, 3.05) is 32.7 Å². The highest BCUT2D eigenvalue weighted by Crippen LogP contribution is 2.21. The van der Waals surface area contributed by atoms with Crippen LogP contribution in [-0.4, -0.2) is 54.5 Å². The van der Waals surface area contributed by atoms with Crippen LogP contribution in [0, 0.1) is 5.82 Å². The van der Waals surface area contributed by atoms with Gasteiger partial charge in [-0.1, -0.05) is 43.1 Å². The number of amides is 3. The molecule has 1 saturated heterocycles. The maximum Gasteiger partial charge on any atom is 0.317 e. The fourth-order valence-corrected chi connectivity index (χ4v) is 3.78. The number of piperazine rings is 1. The summed E-state index contributed by atoms with van der Waals surface area (Å²) in [7, 11) is 0. The second-order valence-electron chi connectivity index (χ2n) is 7.93. The van der Waals surface area contributed by atoms with E-state index in [0.717, 1.165) is 18.4 Å². The number of benzene rings is 2. The Kier molecular flexibility index (Phi) is 8.88. The molecule has 8 heteroatoms. The van der Waals surface area contributed by atoms with Crippen LogP contribution in [0.5, 0.6) is 0 Å². The van der Waals surface area contributed by atoms with Gasteiger partial charge in [-0.05, 0) is 36.2 Å². The van der Waals surface area contributed by atoms with Gasteiger partial charge in [0.2, 0.25) is 0 Å². The van der Waals surface area contributed by atoms with Crippen molar-refractivity contribution in [1.82, 2.24) is 20.4 Å². The van der Waals surface area contributed by atoms with Gasteiger partial charge in [0, 0.05) is 62.0 Å². The zero-order valence-electron chi connectivity index (χ0n) is 18.4. The summed E-state index contributed by atoms with van der Waals surface area (Å²) in [6, 6.07) is 11.8. The number of unbranched alkanes of at least 4 members (excludes halogenated alkanes) is 1. The van der Waals surface area contributed by atoms with Gasteiger partial charge in [-0.25, -0.2) is 9.18 Å². The largest absolute Gasteiger partial charge is 0.352 e. The number of rotatable bonds is 8. The first-order chi connectivity index (χ1) is 15.5. The second kappa shape index (κ2) is 11.8. The Balaban J connectivity index is 1.42. The maximum absolute atomic E-state index is 14.0. The number of nitrogens with zero attached hydrogens (tertiary/aromatic N) is 2. The van der Waals surface area contributed by atoms with Gasteiger partial charge in [-0.2, -0.15) is 0 Å². The smallest absolute Gasteiger partial charge is 0.317 e. The Labute approximate surface area is 193 Å². The minimum absolute atomic E-state index is 0.0800. The standard InChI is InChI=1S/C24H30ClFN4O2/c1-2-3-11-27-23(31)19-9-7-18(8-10-19)16-28-24(32)30-14-12-29(13-15-30)17-20-21(25)5-4-6-22(20)26/h4-10H,2-3,11-17H2,1H3,(H,27,31)(H,28,32). The first-order valence-corrected chi connectivity index (χ1v) is 11.4. The van der Waals surface area contributed by atoms with E-state index in [4.69, 9.17) is 11.6 Å². The molecular weight excluding hydrogens is 431 g/mol. The number of hydrogen-bond donors (Lipinski definition) is 2. The van der Waals surface area contributed by atoms with Crippen LogP contribution in [0.1, 0.15) is 41.3 Å². The molecule has 2 aromatic rings. The predicted molar refractivity (Wildman–Crippen MR) is 124 cm³/mol. The first kappa shape index (κ1) is 24.0. The van der Waals surface area contributed by atoms with Crippen LogP contribution >= 0.6 is 11.6 Å². The average Bonchev–Trinajstić information content (AvgIpc) is 2.81. The fraction of sp³-hybridized carbons (Fsp3) is 0.417. The minimum atomic E-state index is -0.304. The van der Waals surface area contributed by atoms with Crippen LogP contribution in [-0.2, 0) is 13.1 Å². The lowest BCUT2D eigenvalue weighted by Crippen LogP contribution is -2.51. The highest BCUT2D eigenvalue weighted by atomic mass is 35.5. The van der Waals surface area contributed by atoms with Crippen molar-refractivity contribution in [2.24, 2.45) is 0 Å². The first-order valence-electron chi connectivity index (χ1n) is 11.0. The Morgan fingerprint density at radius 3 is 2.41 bits per heavy atom. The average molecular weight is 461 g/mol. The third-order valence-corrected chi connectivity index (χ3v) is 5.93. The quantitative estimate of drug-likeness (QED) is 0.584. The lowest BCUT2D eigenvalue weighted by Gasteiger charge is -2.34. The predicted octanol–water partition coefficient (Wildman–Crippen LogP) is 4.04. The number of hydrogen-bond acceptors (Lipinski definition) is 3. The van der Waals surface area contributed by atoms with Crippen LogP contribution < -0.4 is 10.6 Å². The van der Waals surface area contributed by atoms with E-state index >= 15 is 0 Å². The van der Waals surface area contributed by atoms with Gasteiger partial charge in [0.15, 0.2) is 0 Å². The van der Waals surface area contributed by atoms with Crippen LogP contribution in [0.4, 0.5) is 9.18 Å². The summed E-state index contributed by atoms with van der Waals surface area (Å²) in [6.45, 7) is 6.01. The van der Waals surface area contributed by atoms with Crippen LogP contribution in [0.15, 0.2) is 42.5 Å². The van der Waals surface area contributed by atoms with E-state index in [1.165, 1.54) is 6.07 Å². The summed E-state index contributed by atoms with van der Waals surface area (Å²) >= 11 is 6.12. The molecule has 1 heterocycles. The lowest BCUT2D eigenvalue weighted by atomic mass is 10.1. The Hall–Kier alpha value is -2.64. The molecule has 2 aromatic carbocycles. The zero-order valence-corrected chi connectivity index (χ0v) is 19.1. The van der Waals surface area contributed by atoms with Crippen molar-refractivity contribution in [3.8, 4) is 0 Å². The molecule has 32 heavy (non-hydrogen) atoms. The van der Waals surface area contributed by atoms with Gasteiger partial charge in [0.05, 0.1) is 0 Å². The van der Waals surface area contributed by atoms with Crippen molar-refractivity contribution < 1.29 is 14.0 Å². The van der Waals surface area contributed by atoms with E-state index < -0.39 is 0 Å². The molecule has 0 saturated carbocycles. The van der Waals surface area contributed by atoms with E-state index in [9.17, 15) is 14.0 Å². The van der Waals surface area contributed by atoms with Gasteiger partial charge in [-0.15, -0.1) is 0 Å². The molecule has 1 fully saturated rings. The zero-order chi connectivity index (χ0) is 22.9. The maximum atomic E-state index is 14.0. The summed E-state index contributed by atoms with van der Waals surface area (Å²) in [5.41, 5.74) is 2.04. The highest BCUT2D eigenvalue weighted by Gasteiger charge is 2.22. The van der Waals surface area contributed by atoms with Gasteiger partial charge in [0.1, 0.15) is 5.82 Å². The van der Waals surface area contributed by atoms with Crippen molar-refractivity contribution in [2.45, 2.75) is 32.9 Å². The molecule has 2 N–H and O–H groups in total. The number of carbonyl (C=O) groups excluding carboxylic acids is 2. The monoisotopic (exact) mass is 460 g/mol. The molecule has 0 atom stereocenters. The molecule has 1 aliphatic rings.